The molecule has 2 nitrogen and oxygen atoms in total. The summed E-state index contributed by atoms with van der Waals surface area (Å²) >= 11 is 0. The van der Waals surface area contributed by atoms with Crippen molar-refractivity contribution in [3.8, 4) is 16.9 Å². The van der Waals surface area contributed by atoms with Crippen molar-refractivity contribution in [2.45, 2.75) is 52.6 Å². The van der Waals surface area contributed by atoms with Crippen molar-refractivity contribution in [1.82, 2.24) is 0 Å². The van der Waals surface area contributed by atoms with Gasteiger partial charge in [-0.2, -0.15) is 0 Å². The Labute approximate surface area is 151 Å². The lowest BCUT2D eigenvalue weighted by Crippen LogP contribution is -2.30. The Morgan fingerprint density at radius 3 is 2.20 bits per heavy atom. The molecule has 0 spiro atoms. The highest BCUT2D eigenvalue weighted by Gasteiger charge is 2.30. The molecule has 0 amide bonds. The molecule has 0 aliphatic heterocycles. The van der Waals surface area contributed by atoms with Gasteiger partial charge in [-0.15, -0.1) is 0 Å². The maximum Gasteiger partial charge on any atom is 0.150 e. The lowest BCUT2D eigenvalue weighted by molar-refractivity contribution is 0.0882. The van der Waals surface area contributed by atoms with Crippen LogP contribution < -0.4 is 4.74 Å². The number of rotatable bonds is 4. The van der Waals surface area contributed by atoms with E-state index in [0.29, 0.717) is 17.1 Å². The highest BCUT2D eigenvalue weighted by Crippen LogP contribution is 2.39. The second kappa shape index (κ2) is 7.43. The molecular formula is C23H28O2. The molecule has 0 aromatic heterocycles. The first-order valence-electron chi connectivity index (χ1n) is 9.28. The van der Waals surface area contributed by atoms with Gasteiger partial charge in [0.1, 0.15) is 12.0 Å². The Morgan fingerprint density at radius 1 is 0.920 bits per heavy atom. The summed E-state index contributed by atoms with van der Waals surface area (Å²) in [6.45, 7) is 7.03. The smallest absolute Gasteiger partial charge is 0.150 e. The van der Waals surface area contributed by atoms with Crippen LogP contribution in [0.5, 0.6) is 5.75 Å². The average molecular weight is 336 g/mol. The molecule has 25 heavy (non-hydrogen) atoms. The molecule has 1 aliphatic rings. The van der Waals surface area contributed by atoms with E-state index in [1.54, 1.807) is 0 Å². The van der Waals surface area contributed by atoms with E-state index in [-0.39, 0.29) is 0 Å². The van der Waals surface area contributed by atoms with Crippen molar-refractivity contribution in [1.29, 1.82) is 0 Å². The number of carbonyl (C=O) groups is 1. The summed E-state index contributed by atoms with van der Waals surface area (Å²) in [4.78, 5) is 11.0. The van der Waals surface area contributed by atoms with Gasteiger partial charge >= 0.3 is 0 Å². The molecule has 1 saturated carbocycles. The van der Waals surface area contributed by atoms with Crippen LogP contribution in [0, 0.1) is 11.3 Å². The molecule has 1 fully saturated rings. The Kier molecular flexibility index (Phi) is 5.27. The van der Waals surface area contributed by atoms with Gasteiger partial charge in [-0.25, -0.2) is 0 Å². The first-order valence-corrected chi connectivity index (χ1v) is 9.28. The fraction of sp³-hybridized carbons (Fsp3) is 0.435. The number of hydrogen-bond donors (Lipinski definition) is 0. The molecule has 132 valence electrons. The lowest BCUT2D eigenvalue weighted by Gasteiger charge is -2.37. The average Bonchev–Trinajstić information content (AvgIpc) is 2.62. The normalized spacial score (nSPS) is 20.9. The summed E-state index contributed by atoms with van der Waals surface area (Å²) < 4.78 is 6.27. The van der Waals surface area contributed by atoms with Crippen LogP contribution in [0.3, 0.4) is 0 Å². The van der Waals surface area contributed by atoms with Gasteiger partial charge in [0.2, 0.25) is 0 Å². The number of benzene rings is 2. The third-order valence-corrected chi connectivity index (χ3v) is 5.39. The van der Waals surface area contributed by atoms with Crippen molar-refractivity contribution in [2.24, 2.45) is 11.3 Å². The minimum Gasteiger partial charge on any atom is -0.490 e. The molecule has 0 bridgehead atoms. The van der Waals surface area contributed by atoms with Crippen molar-refractivity contribution in [3.63, 3.8) is 0 Å². The van der Waals surface area contributed by atoms with Gasteiger partial charge in [-0.05, 0) is 66.3 Å². The third kappa shape index (κ3) is 4.50. The summed E-state index contributed by atoms with van der Waals surface area (Å²) in [6.07, 6.45) is 5.96. The van der Waals surface area contributed by atoms with Gasteiger partial charge in [-0.3, -0.25) is 4.79 Å². The minimum absolute atomic E-state index is 0.315. The Morgan fingerprint density at radius 2 is 1.56 bits per heavy atom. The second-order valence-electron chi connectivity index (χ2n) is 8.23. The van der Waals surface area contributed by atoms with Crippen LogP contribution in [0.25, 0.3) is 11.1 Å². The van der Waals surface area contributed by atoms with E-state index in [4.69, 9.17) is 4.74 Å². The number of hydrogen-bond acceptors (Lipinski definition) is 2. The van der Waals surface area contributed by atoms with Crippen LogP contribution in [0.2, 0.25) is 0 Å². The summed E-state index contributed by atoms with van der Waals surface area (Å²) in [7, 11) is 0. The zero-order valence-corrected chi connectivity index (χ0v) is 15.5. The minimum atomic E-state index is 0.315. The zero-order valence-electron chi connectivity index (χ0n) is 15.5. The molecule has 0 saturated heterocycles. The highest BCUT2D eigenvalue weighted by molar-refractivity contribution is 5.79. The van der Waals surface area contributed by atoms with Crippen molar-refractivity contribution >= 4 is 6.29 Å². The number of carbonyl (C=O) groups excluding carboxylic acids is 1. The molecule has 2 aromatic rings. The van der Waals surface area contributed by atoms with E-state index < -0.39 is 0 Å². The first kappa shape index (κ1) is 17.7. The standard InChI is InChI=1S/C23H28O2/c1-23(2,3)20-10-12-21(13-11-20)25-22-9-5-8-19(15-22)18-7-4-6-17(14-18)16-24/h4-9,14-16,20-21H,10-13H2,1-3H3/t20-,21-. The molecule has 2 aromatic carbocycles. The van der Waals surface area contributed by atoms with Crippen molar-refractivity contribution < 1.29 is 9.53 Å². The van der Waals surface area contributed by atoms with Gasteiger partial charge in [0.15, 0.2) is 0 Å². The van der Waals surface area contributed by atoms with Crippen LogP contribution in [-0.4, -0.2) is 12.4 Å². The van der Waals surface area contributed by atoms with Gasteiger partial charge in [0.25, 0.3) is 0 Å². The van der Waals surface area contributed by atoms with E-state index in [9.17, 15) is 4.79 Å². The summed E-state index contributed by atoms with van der Waals surface area (Å²) in [6, 6.07) is 15.9. The molecule has 1 aliphatic carbocycles. The Hall–Kier alpha value is -2.09. The monoisotopic (exact) mass is 336 g/mol. The predicted molar refractivity (Wildman–Crippen MR) is 103 cm³/mol. The van der Waals surface area contributed by atoms with E-state index in [2.05, 4.69) is 32.9 Å². The Balaban J connectivity index is 1.67. The molecular weight excluding hydrogens is 308 g/mol. The molecule has 0 radical (unpaired) electrons. The fourth-order valence-corrected chi connectivity index (χ4v) is 3.78. The largest absolute Gasteiger partial charge is 0.490 e. The van der Waals surface area contributed by atoms with Gasteiger partial charge in [0, 0.05) is 5.56 Å². The van der Waals surface area contributed by atoms with Crippen molar-refractivity contribution in [3.05, 3.63) is 54.1 Å². The summed E-state index contributed by atoms with van der Waals surface area (Å²) in [5.74, 6) is 1.72. The zero-order chi connectivity index (χ0) is 17.9. The quantitative estimate of drug-likeness (QED) is 0.626. The topological polar surface area (TPSA) is 26.3 Å². The molecule has 0 atom stereocenters. The van der Waals surface area contributed by atoms with Crippen LogP contribution in [-0.2, 0) is 0 Å². The maximum atomic E-state index is 11.0. The lowest BCUT2D eigenvalue weighted by atomic mass is 9.72. The van der Waals surface area contributed by atoms with Crippen LogP contribution in [0.4, 0.5) is 0 Å². The first-order chi connectivity index (χ1) is 12.0. The van der Waals surface area contributed by atoms with Crippen molar-refractivity contribution in [2.75, 3.05) is 0 Å². The third-order valence-electron chi connectivity index (χ3n) is 5.39. The highest BCUT2D eigenvalue weighted by atomic mass is 16.5. The van der Waals surface area contributed by atoms with Gasteiger partial charge < -0.3 is 4.74 Å². The van der Waals surface area contributed by atoms with Gasteiger partial charge in [-0.1, -0.05) is 51.1 Å². The summed E-state index contributed by atoms with van der Waals surface area (Å²) in [5, 5.41) is 0. The van der Waals surface area contributed by atoms with Gasteiger partial charge in [0.05, 0.1) is 6.10 Å². The molecule has 0 unspecified atom stereocenters. The number of ether oxygens (including phenoxy) is 1. The van der Waals surface area contributed by atoms with E-state index in [1.165, 1.54) is 12.8 Å². The summed E-state index contributed by atoms with van der Waals surface area (Å²) in [5.41, 5.74) is 3.23. The van der Waals surface area contributed by atoms with Crippen LogP contribution in [0.15, 0.2) is 48.5 Å². The van der Waals surface area contributed by atoms with Crippen LogP contribution in [0.1, 0.15) is 56.8 Å². The van der Waals surface area contributed by atoms with E-state index in [1.807, 2.05) is 36.4 Å². The number of aldehydes is 1. The Bertz CT molecular complexity index is 719. The molecule has 0 N–H and O–H groups in total. The molecule has 2 heteroatoms. The van der Waals surface area contributed by atoms with Crippen LogP contribution >= 0.6 is 0 Å². The van der Waals surface area contributed by atoms with E-state index >= 15 is 0 Å². The maximum absolute atomic E-state index is 11.0. The second-order valence-corrected chi connectivity index (χ2v) is 8.23. The molecule has 3 rings (SSSR count). The predicted octanol–water partition coefficient (Wildman–Crippen LogP) is 6.15. The molecule has 0 heterocycles. The van der Waals surface area contributed by atoms with E-state index in [0.717, 1.165) is 41.9 Å². The fourth-order valence-electron chi connectivity index (χ4n) is 3.78. The SMILES string of the molecule is CC(C)(C)[C@H]1CC[C@H](Oc2cccc(-c3cccc(C=O)c3)c2)CC1.